The van der Waals surface area contributed by atoms with Crippen molar-refractivity contribution in [3.63, 3.8) is 0 Å². The first-order chi connectivity index (χ1) is 17.7. The number of amides is 2. The van der Waals surface area contributed by atoms with Gasteiger partial charge in [0.25, 0.3) is 0 Å². The van der Waals surface area contributed by atoms with E-state index in [4.69, 9.17) is 10.5 Å². The van der Waals surface area contributed by atoms with Crippen LogP contribution in [0.3, 0.4) is 0 Å². The van der Waals surface area contributed by atoms with Gasteiger partial charge in [-0.1, -0.05) is 71.3 Å². The predicted octanol–water partition coefficient (Wildman–Crippen LogP) is 5.61. The van der Waals surface area contributed by atoms with E-state index in [2.05, 4.69) is 29.5 Å². The van der Waals surface area contributed by atoms with Gasteiger partial charge in [0, 0.05) is 13.0 Å². The molecule has 1 aliphatic rings. The fourth-order valence-corrected chi connectivity index (χ4v) is 5.20. The molecule has 208 valence electrons. The average molecular weight is 519 g/mol. The quantitative estimate of drug-likeness (QED) is 0.169. The third-order valence-corrected chi connectivity index (χ3v) is 7.48. The smallest absolute Gasteiger partial charge is 0.249 e. The van der Waals surface area contributed by atoms with Crippen molar-refractivity contribution in [1.29, 1.82) is 0 Å². The van der Waals surface area contributed by atoms with E-state index in [0.29, 0.717) is 24.3 Å². The van der Waals surface area contributed by atoms with Gasteiger partial charge in [0.15, 0.2) is 17.5 Å². The molecular weight excluding hydrogens is 471 g/mol. The number of methoxy groups -OCH3 is 1. The lowest BCUT2D eigenvalue weighted by molar-refractivity contribution is -0.127. The molecule has 4 N–H and O–H groups in total. The lowest BCUT2D eigenvalue weighted by Gasteiger charge is -2.30. The number of carbonyl (C=O) groups excluding carboxylic acids is 2. The van der Waals surface area contributed by atoms with Crippen molar-refractivity contribution in [2.24, 2.45) is 22.6 Å². The Hall–Kier alpha value is -2.64. The minimum atomic E-state index is -1.04. The monoisotopic (exact) mass is 518 g/mol. The molecule has 1 fully saturated rings. The standard InChI is InChI=1S/C29H47FN4O3/c1-5-7-8-9-17-29(3,27(36)32-20-23-15-16-24(30)25(18-23)37-4)34-28(31)33-26(35)19-22-13-11-21(10-6-2)12-14-22/h15-16,18,21-22H,5-14,17,19-20H2,1-4H3,(H,32,36)(H3,31,33,34,35). The van der Waals surface area contributed by atoms with E-state index in [1.165, 1.54) is 38.9 Å². The van der Waals surface area contributed by atoms with Gasteiger partial charge in [-0.25, -0.2) is 4.39 Å². The van der Waals surface area contributed by atoms with E-state index in [1.54, 1.807) is 19.1 Å². The highest BCUT2D eigenvalue weighted by Gasteiger charge is 2.33. The molecule has 1 aromatic carbocycles. The van der Waals surface area contributed by atoms with Gasteiger partial charge < -0.3 is 21.1 Å². The molecule has 0 aliphatic heterocycles. The number of aliphatic imine (C=N–C) groups is 1. The number of halogens is 1. The molecule has 37 heavy (non-hydrogen) atoms. The Labute approximate surface area is 222 Å². The molecule has 0 bridgehead atoms. The highest BCUT2D eigenvalue weighted by molar-refractivity contribution is 5.96. The zero-order chi connectivity index (χ0) is 27.3. The van der Waals surface area contributed by atoms with Crippen LogP contribution in [-0.4, -0.2) is 30.4 Å². The summed E-state index contributed by atoms with van der Waals surface area (Å²) in [6.45, 7) is 6.34. The summed E-state index contributed by atoms with van der Waals surface area (Å²) in [5.74, 6) is 0.288. The van der Waals surface area contributed by atoms with Gasteiger partial charge in [-0.05, 0) is 55.7 Å². The number of carbonyl (C=O) groups is 2. The normalized spacial score (nSPS) is 19.6. The minimum Gasteiger partial charge on any atom is -0.494 e. The number of rotatable bonds is 14. The molecule has 1 saturated carbocycles. The second-order valence-electron chi connectivity index (χ2n) is 10.7. The van der Waals surface area contributed by atoms with Crippen LogP contribution >= 0.6 is 0 Å². The van der Waals surface area contributed by atoms with Crippen LogP contribution in [0.1, 0.15) is 103 Å². The summed E-state index contributed by atoms with van der Waals surface area (Å²) in [7, 11) is 1.40. The second kappa shape index (κ2) is 15.6. The number of nitrogens with two attached hydrogens (primary N) is 1. The van der Waals surface area contributed by atoms with E-state index in [-0.39, 0.29) is 30.1 Å². The van der Waals surface area contributed by atoms with Crippen molar-refractivity contribution < 1.29 is 18.7 Å². The Morgan fingerprint density at radius 3 is 2.46 bits per heavy atom. The first-order valence-electron chi connectivity index (χ1n) is 14.0. The van der Waals surface area contributed by atoms with Crippen LogP contribution in [0, 0.1) is 17.7 Å². The first-order valence-corrected chi connectivity index (χ1v) is 14.0. The van der Waals surface area contributed by atoms with E-state index in [1.807, 2.05) is 0 Å². The van der Waals surface area contributed by atoms with Crippen LogP contribution in [0.5, 0.6) is 5.75 Å². The molecule has 1 unspecified atom stereocenters. The predicted molar refractivity (Wildman–Crippen MR) is 147 cm³/mol. The Kier molecular flexibility index (Phi) is 12.9. The maximum Gasteiger partial charge on any atom is 0.249 e. The molecule has 1 atom stereocenters. The molecule has 0 saturated heterocycles. The van der Waals surface area contributed by atoms with Crippen molar-refractivity contribution in [1.82, 2.24) is 10.6 Å². The van der Waals surface area contributed by atoms with Gasteiger partial charge in [-0.2, -0.15) is 4.99 Å². The van der Waals surface area contributed by atoms with Crippen LogP contribution in [0.15, 0.2) is 23.2 Å². The molecule has 0 radical (unpaired) electrons. The molecule has 0 heterocycles. The highest BCUT2D eigenvalue weighted by Crippen LogP contribution is 2.33. The van der Waals surface area contributed by atoms with Crippen LogP contribution in [0.2, 0.25) is 0 Å². The Bertz CT molecular complexity index is 899. The van der Waals surface area contributed by atoms with Crippen molar-refractivity contribution in [2.75, 3.05) is 7.11 Å². The lowest BCUT2D eigenvalue weighted by Crippen LogP contribution is -2.58. The largest absolute Gasteiger partial charge is 0.494 e. The molecule has 2 amide bonds. The molecule has 0 aromatic heterocycles. The van der Waals surface area contributed by atoms with Gasteiger partial charge in [0.2, 0.25) is 11.8 Å². The summed E-state index contributed by atoms with van der Waals surface area (Å²) >= 11 is 0. The summed E-state index contributed by atoms with van der Waals surface area (Å²) in [4.78, 5) is 30.0. The molecule has 0 spiro atoms. The van der Waals surface area contributed by atoms with Gasteiger partial charge >= 0.3 is 0 Å². The number of ether oxygens (including phenoxy) is 1. The van der Waals surface area contributed by atoms with Crippen molar-refractivity contribution in [3.05, 3.63) is 29.6 Å². The Balaban J connectivity index is 2.00. The average Bonchev–Trinajstić information content (AvgIpc) is 2.87. The van der Waals surface area contributed by atoms with Crippen LogP contribution in [-0.2, 0) is 16.1 Å². The van der Waals surface area contributed by atoms with E-state index >= 15 is 0 Å². The number of benzene rings is 1. The van der Waals surface area contributed by atoms with Gasteiger partial charge in [-0.3, -0.25) is 9.59 Å². The third kappa shape index (κ3) is 10.3. The summed E-state index contributed by atoms with van der Waals surface area (Å²) in [6, 6.07) is 4.48. The number of nitrogens with one attached hydrogen (secondary N) is 2. The molecule has 1 aliphatic carbocycles. The van der Waals surface area contributed by atoms with Crippen molar-refractivity contribution in [3.8, 4) is 5.75 Å². The zero-order valence-electron chi connectivity index (χ0n) is 23.2. The molecule has 7 nitrogen and oxygen atoms in total. The van der Waals surface area contributed by atoms with E-state index in [0.717, 1.165) is 44.4 Å². The van der Waals surface area contributed by atoms with Crippen molar-refractivity contribution in [2.45, 2.75) is 110 Å². The van der Waals surface area contributed by atoms with Crippen LogP contribution in [0.4, 0.5) is 4.39 Å². The van der Waals surface area contributed by atoms with Gasteiger partial charge in [-0.15, -0.1) is 0 Å². The maximum absolute atomic E-state index is 13.7. The molecular formula is C29H47FN4O3. The van der Waals surface area contributed by atoms with Gasteiger partial charge in [0.05, 0.1) is 7.11 Å². The van der Waals surface area contributed by atoms with Crippen molar-refractivity contribution >= 4 is 17.8 Å². The number of hydrogen-bond donors (Lipinski definition) is 3. The Morgan fingerprint density at radius 2 is 1.81 bits per heavy atom. The number of hydrogen-bond acceptors (Lipinski definition) is 3. The topological polar surface area (TPSA) is 106 Å². The third-order valence-electron chi connectivity index (χ3n) is 7.48. The first kappa shape index (κ1) is 30.6. The second-order valence-corrected chi connectivity index (χ2v) is 10.7. The van der Waals surface area contributed by atoms with Crippen LogP contribution < -0.4 is 21.1 Å². The number of nitrogens with zero attached hydrogens (tertiary/aromatic N) is 1. The fraction of sp³-hybridized carbons (Fsp3) is 0.690. The lowest BCUT2D eigenvalue weighted by atomic mass is 9.79. The van der Waals surface area contributed by atoms with E-state index < -0.39 is 11.4 Å². The van der Waals surface area contributed by atoms with Gasteiger partial charge in [0.1, 0.15) is 5.54 Å². The fourth-order valence-electron chi connectivity index (χ4n) is 5.20. The Morgan fingerprint density at radius 1 is 1.11 bits per heavy atom. The number of guanidine groups is 1. The van der Waals surface area contributed by atoms with Crippen LogP contribution in [0.25, 0.3) is 0 Å². The zero-order valence-corrected chi connectivity index (χ0v) is 23.2. The van der Waals surface area contributed by atoms with E-state index in [9.17, 15) is 14.0 Å². The number of unbranched alkanes of at least 4 members (excludes halogenated alkanes) is 3. The molecule has 8 heteroatoms. The SMILES string of the molecule is CCCCCCC(C)(NC(N)=NC(=O)CC1CCC(CCC)CC1)C(=O)NCc1ccc(F)c(OC)c1. The molecule has 2 rings (SSSR count). The maximum atomic E-state index is 13.7. The summed E-state index contributed by atoms with van der Waals surface area (Å²) in [5.41, 5.74) is 5.81. The summed E-state index contributed by atoms with van der Waals surface area (Å²) < 4.78 is 18.8. The summed E-state index contributed by atoms with van der Waals surface area (Å²) in [6.07, 6.45) is 11.9. The molecule has 1 aromatic rings. The minimum absolute atomic E-state index is 0.0266. The highest BCUT2D eigenvalue weighted by atomic mass is 19.1. The summed E-state index contributed by atoms with van der Waals surface area (Å²) in [5, 5.41) is 5.96.